The average molecular weight is 274 g/mol. The van der Waals surface area contributed by atoms with Crippen molar-refractivity contribution >= 4 is 5.91 Å². The highest BCUT2D eigenvalue weighted by Crippen LogP contribution is 2.34. The van der Waals surface area contributed by atoms with Crippen molar-refractivity contribution in [3.05, 3.63) is 35.9 Å². The molecule has 20 heavy (non-hydrogen) atoms. The molecule has 1 amide bonds. The van der Waals surface area contributed by atoms with Gasteiger partial charge in [-0.1, -0.05) is 30.3 Å². The van der Waals surface area contributed by atoms with Crippen LogP contribution in [0.15, 0.2) is 30.3 Å². The van der Waals surface area contributed by atoms with Gasteiger partial charge in [0.1, 0.15) is 0 Å². The summed E-state index contributed by atoms with van der Waals surface area (Å²) in [7, 11) is 4.19. The third-order valence-corrected chi connectivity index (χ3v) is 4.36. The maximum atomic E-state index is 12.5. The van der Waals surface area contributed by atoms with Crippen LogP contribution in [-0.2, 0) is 10.2 Å². The van der Waals surface area contributed by atoms with Crippen LogP contribution in [0.5, 0.6) is 0 Å². The van der Waals surface area contributed by atoms with E-state index in [2.05, 4.69) is 24.3 Å². The average Bonchev–Trinajstić information content (AvgIpc) is 3.24. The van der Waals surface area contributed by atoms with Crippen molar-refractivity contribution in [3.8, 4) is 0 Å². The smallest absolute Gasteiger partial charge is 0.230 e. The van der Waals surface area contributed by atoms with Gasteiger partial charge in [0.25, 0.3) is 0 Å². The van der Waals surface area contributed by atoms with E-state index in [-0.39, 0.29) is 5.91 Å². The number of rotatable bonds is 6. The Balaban J connectivity index is 1.97. The number of amides is 1. The van der Waals surface area contributed by atoms with Crippen LogP contribution >= 0.6 is 0 Å². The molecular weight excluding hydrogens is 248 g/mol. The number of likely N-dealkylation sites (N-methyl/N-ethyl adjacent to an activating group) is 1. The second kappa shape index (κ2) is 5.96. The zero-order valence-corrected chi connectivity index (χ0v) is 13.0. The van der Waals surface area contributed by atoms with Gasteiger partial charge in [-0.25, -0.2) is 0 Å². The summed E-state index contributed by atoms with van der Waals surface area (Å²) in [4.78, 5) is 14.7. The number of nitrogens with one attached hydrogen (secondary N) is 1. The quantitative estimate of drug-likeness (QED) is 0.864. The number of carbonyl (C=O) groups is 1. The number of carbonyl (C=O) groups excluding carboxylic acids is 1. The van der Waals surface area contributed by atoms with Crippen LogP contribution in [0.25, 0.3) is 0 Å². The topological polar surface area (TPSA) is 32.3 Å². The fourth-order valence-corrected chi connectivity index (χ4v) is 2.66. The Hall–Kier alpha value is -1.35. The van der Waals surface area contributed by atoms with Gasteiger partial charge in [0.05, 0.1) is 5.41 Å². The van der Waals surface area contributed by atoms with Crippen LogP contribution in [0, 0.1) is 5.92 Å². The summed E-state index contributed by atoms with van der Waals surface area (Å²) in [6.45, 7) is 4.71. The SMILES string of the molecule is CN(C)C(CNC(=O)C(C)(C)c1ccccc1)C1CC1. The van der Waals surface area contributed by atoms with E-state index < -0.39 is 5.41 Å². The Morgan fingerprint density at radius 1 is 1.30 bits per heavy atom. The van der Waals surface area contributed by atoms with Gasteiger partial charge in [-0.3, -0.25) is 4.79 Å². The Kier molecular flexibility index (Phi) is 4.48. The molecule has 1 fully saturated rings. The van der Waals surface area contributed by atoms with Crippen LogP contribution in [0.3, 0.4) is 0 Å². The summed E-state index contributed by atoms with van der Waals surface area (Å²) in [6, 6.07) is 10.4. The lowest BCUT2D eigenvalue weighted by Crippen LogP contribution is -2.47. The molecule has 0 bridgehead atoms. The van der Waals surface area contributed by atoms with Gasteiger partial charge >= 0.3 is 0 Å². The third-order valence-electron chi connectivity index (χ3n) is 4.36. The normalized spacial score (nSPS) is 17.1. The molecule has 1 unspecified atom stereocenters. The molecule has 1 aromatic rings. The number of hydrogen-bond donors (Lipinski definition) is 1. The molecule has 0 heterocycles. The predicted molar refractivity (Wildman–Crippen MR) is 82.7 cm³/mol. The van der Waals surface area contributed by atoms with Crippen LogP contribution in [0.2, 0.25) is 0 Å². The molecule has 0 saturated heterocycles. The minimum atomic E-state index is -0.484. The van der Waals surface area contributed by atoms with Crippen LogP contribution in [0.4, 0.5) is 0 Å². The van der Waals surface area contributed by atoms with Crippen molar-refractivity contribution < 1.29 is 4.79 Å². The maximum absolute atomic E-state index is 12.5. The molecule has 0 spiro atoms. The van der Waals surface area contributed by atoms with E-state index in [0.29, 0.717) is 6.04 Å². The Morgan fingerprint density at radius 3 is 2.40 bits per heavy atom. The first-order valence-electron chi connectivity index (χ1n) is 7.43. The van der Waals surface area contributed by atoms with E-state index >= 15 is 0 Å². The first-order valence-corrected chi connectivity index (χ1v) is 7.43. The van der Waals surface area contributed by atoms with Crippen LogP contribution in [0.1, 0.15) is 32.3 Å². The third kappa shape index (κ3) is 3.40. The molecular formula is C17H26N2O. The highest BCUT2D eigenvalue weighted by atomic mass is 16.2. The Bertz CT molecular complexity index is 447. The van der Waals surface area contributed by atoms with Crippen molar-refractivity contribution in [1.29, 1.82) is 0 Å². The monoisotopic (exact) mass is 274 g/mol. The zero-order chi connectivity index (χ0) is 14.8. The Morgan fingerprint density at radius 2 is 1.90 bits per heavy atom. The highest BCUT2D eigenvalue weighted by Gasteiger charge is 2.35. The van der Waals surface area contributed by atoms with Crippen LogP contribution < -0.4 is 5.32 Å². The number of nitrogens with zero attached hydrogens (tertiary/aromatic N) is 1. The van der Waals surface area contributed by atoms with Crippen molar-refractivity contribution in [2.75, 3.05) is 20.6 Å². The molecule has 0 radical (unpaired) electrons. The summed E-state index contributed by atoms with van der Waals surface area (Å²) >= 11 is 0. The minimum absolute atomic E-state index is 0.108. The van der Waals surface area contributed by atoms with E-state index in [1.165, 1.54) is 12.8 Å². The van der Waals surface area contributed by atoms with Crippen molar-refractivity contribution in [1.82, 2.24) is 10.2 Å². The molecule has 3 nitrogen and oxygen atoms in total. The van der Waals surface area contributed by atoms with Gasteiger partial charge in [0.15, 0.2) is 0 Å². The summed E-state index contributed by atoms with van der Waals surface area (Å²) in [5, 5.41) is 3.14. The molecule has 3 heteroatoms. The largest absolute Gasteiger partial charge is 0.354 e. The fourth-order valence-electron chi connectivity index (χ4n) is 2.66. The molecule has 1 saturated carbocycles. The molecule has 1 N–H and O–H groups in total. The molecule has 2 rings (SSSR count). The molecule has 1 atom stereocenters. The molecule has 1 aromatic carbocycles. The molecule has 1 aliphatic carbocycles. The summed E-state index contributed by atoms with van der Waals surface area (Å²) < 4.78 is 0. The minimum Gasteiger partial charge on any atom is -0.354 e. The van der Waals surface area contributed by atoms with E-state index in [4.69, 9.17) is 0 Å². The van der Waals surface area contributed by atoms with E-state index in [1.807, 2.05) is 44.2 Å². The van der Waals surface area contributed by atoms with Gasteiger partial charge in [0.2, 0.25) is 5.91 Å². The molecule has 110 valence electrons. The number of benzene rings is 1. The van der Waals surface area contributed by atoms with Gasteiger partial charge < -0.3 is 10.2 Å². The molecule has 0 aromatic heterocycles. The summed E-state index contributed by atoms with van der Waals surface area (Å²) in [5.74, 6) is 0.862. The maximum Gasteiger partial charge on any atom is 0.230 e. The van der Waals surface area contributed by atoms with Crippen LogP contribution in [-0.4, -0.2) is 37.5 Å². The van der Waals surface area contributed by atoms with Gasteiger partial charge in [-0.05, 0) is 52.3 Å². The van der Waals surface area contributed by atoms with Crippen molar-refractivity contribution in [2.45, 2.75) is 38.1 Å². The first-order chi connectivity index (χ1) is 9.43. The standard InChI is InChI=1S/C17H26N2O/c1-17(2,14-8-6-5-7-9-14)16(20)18-12-15(19(3)4)13-10-11-13/h5-9,13,15H,10-12H2,1-4H3,(H,18,20). The van der Waals surface area contributed by atoms with Gasteiger partial charge in [-0.15, -0.1) is 0 Å². The fraction of sp³-hybridized carbons (Fsp3) is 0.588. The molecule has 1 aliphatic rings. The second-order valence-corrected chi connectivity index (χ2v) is 6.57. The lowest BCUT2D eigenvalue weighted by atomic mass is 9.83. The van der Waals surface area contributed by atoms with E-state index in [1.54, 1.807) is 0 Å². The van der Waals surface area contributed by atoms with Crippen molar-refractivity contribution in [2.24, 2.45) is 5.92 Å². The Labute approximate surface area is 122 Å². The van der Waals surface area contributed by atoms with Crippen molar-refractivity contribution in [3.63, 3.8) is 0 Å². The predicted octanol–water partition coefficient (Wildman–Crippen LogP) is 2.42. The summed E-state index contributed by atoms with van der Waals surface area (Å²) in [6.07, 6.45) is 2.58. The van der Waals surface area contributed by atoms with Gasteiger partial charge in [0, 0.05) is 12.6 Å². The molecule has 0 aliphatic heterocycles. The second-order valence-electron chi connectivity index (χ2n) is 6.57. The highest BCUT2D eigenvalue weighted by molar-refractivity contribution is 5.87. The summed E-state index contributed by atoms with van der Waals surface area (Å²) in [5.41, 5.74) is 0.576. The zero-order valence-electron chi connectivity index (χ0n) is 13.0. The van der Waals surface area contributed by atoms with E-state index in [0.717, 1.165) is 18.0 Å². The lowest BCUT2D eigenvalue weighted by molar-refractivity contribution is -0.125. The van der Waals surface area contributed by atoms with E-state index in [9.17, 15) is 4.79 Å². The number of hydrogen-bond acceptors (Lipinski definition) is 2. The lowest BCUT2D eigenvalue weighted by Gasteiger charge is -2.28. The first kappa shape index (κ1) is 15.0. The van der Waals surface area contributed by atoms with Gasteiger partial charge in [-0.2, -0.15) is 0 Å².